The van der Waals surface area contributed by atoms with Crippen molar-refractivity contribution in [3.8, 4) is 0 Å². The summed E-state index contributed by atoms with van der Waals surface area (Å²) in [5, 5.41) is 1.39. The highest BCUT2D eigenvalue weighted by Gasteiger charge is 2.49. The van der Waals surface area contributed by atoms with Crippen molar-refractivity contribution in [2.24, 2.45) is 0 Å². The summed E-state index contributed by atoms with van der Waals surface area (Å²) in [7, 11) is 0. The van der Waals surface area contributed by atoms with Crippen LogP contribution in [0.3, 0.4) is 0 Å². The summed E-state index contributed by atoms with van der Waals surface area (Å²) in [4.78, 5) is 7.92. The molecule has 5 heteroatoms. The minimum Gasteiger partial charge on any atom is -0.311 e. The van der Waals surface area contributed by atoms with Gasteiger partial charge in [-0.1, -0.05) is 158 Å². The first-order chi connectivity index (χ1) is 36.3. The molecule has 0 bridgehead atoms. The zero-order valence-electron chi connectivity index (χ0n) is 48.8. The minimum atomic E-state index is -0.146. The highest BCUT2D eigenvalue weighted by atomic mass is 32.1. The van der Waals surface area contributed by atoms with Crippen molar-refractivity contribution in [1.29, 1.82) is 0 Å². The number of benzene rings is 7. The Balaban J connectivity index is 1.16. The van der Waals surface area contributed by atoms with Gasteiger partial charge in [0.2, 0.25) is 0 Å². The lowest BCUT2D eigenvalue weighted by atomic mass is 9.36. The van der Waals surface area contributed by atoms with Crippen molar-refractivity contribution in [3.05, 3.63) is 178 Å². The fourth-order valence-electron chi connectivity index (χ4n) is 14.7. The summed E-state index contributed by atoms with van der Waals surface area (Å²) in [6, 6.07) is 55.1. The van der Waals surface area contributed by atoms with Gasteiger partial charge in [0.05, 0.1) is 5.69 Å². The molecule has 77 heavy (non-hydrogen) atoms. The van der Waals surface area contributed by atoms with Gasteiger partial charge < -0.3 is 14.7 Å². The fraction of sp³-hybridized carbons (Fsp3) is 0.389. The maximum absolute atomic E-state index is 2.77. The molecule has 7 aromatic carbocycles. The van der Waals surface area contributed by atoms with Crippen LogP contribution >= 0.6 is 11.3 Å². The van der Waals surface area contributed by atoms with Crippen LogP contribution in [0.25, 0.3) is 10.1 Å². The number of hydrogen-bond acceptors (Lipinski definition) is 4. The van der Waals surface area contributed by atoms with Gasteiger partial charge in [0, 0.05) is 60.4 Å². The van der Waals surface area contributed by atoms with Gasteiger partial charge in [0.25, 0.3) is 6.71 Å². The number of nitrogens with zero attached hydrogens (tertiary/aromatic N) is 3. The summed E-state index contributed by atoms with van der Waals surface area (Å²) in [6.07, 6.45) is 7.08. The molecule has 0 radical (unpaired) electrons. The third kappa shape index (κ3) is 7.77. The van der Waals surface area contributed by atoms with E-state index in [1.807, 2.05) is 0 Å². The topological polar surface area (TPSA) is 9.72 Å². The van der Waals surface area contributed by atoms with Crippen molar-refractivity contribution in [2.45, 2.75) is 180 Å². The van der Waals surface area contributed by atoms with Gasteiger partial charge in [-0.2, -0.15) is 0 Å². The number of anilines is 9. The van der Waals surface area contributed by atoms with Crippen LogP contribution in [0.1, 0.15) is 181 Å². The quantitative estimate of drug-likeness (QED) is 0.159. The van der Waals surface area contributed by atoms with Crippen molar-refractivity contribution < 1.29 is 0 Å². The molecule has 13 rings (SSSR count). The molecule has 2 aliphatic heterocycles. The van der Waals surface area contributed by atoms with Gasteiger partial charge in [0.1, 0.15) is 0 Å². The van der Waals surface area contributed by atoms with E-state index in [2.05, 4.69) is 269 Å². The lowest BCUT2D eigenvalue weighted by molar-refractivity contribution is 0.332. The van der Waals surface area contributed by atoms with Crippen LogP contribution in [-0.2, 0) is 37.9 Å². The van der Waals surface area contributed by atoms with Crippen LogP contribution in [0.2, 0.25) is 0 Å². The first kappa shape index (κ1) is 50.5. The van der Waals surface area contributed by atoms with Crippen molar-refractivity contribution in [2.75, 3.05) is 14.7 Å². The SMILES string of the molecule is CC(C)(C)c1cc2c3c(c1)N(c1ccc4c(c1)C(C)(C)CCC4(C)C)c1c(sc4cc5c(cc14)C(C)(C)CCC5(C)C)B3c1ccc(N(c3ccccc3)c3ccccc3)cc1N2c1ccc2c(c1)C(C)(C)CCC2(C)C. The molecule has 0 saturated carbocycles. The van der Waals surface area contributed by atoms with Crippen molar-refractivity contribution in [1.82, 2.24) is 0 Å². The molecular formula is C72H80BN3S. The van der Waals surface area contributed by atoms with Gasteiger partial charge >= 0.3 is 0 Å². The first-order valence-electron chi connectivity index (χ1n) is 29.0. The van der Waals surface area contributed by atoms with Crippen molar-refractivity contribution in [3.63, 3.8) is 0 Å². The van der Waals surface area contributed by atoms with Crippen LogP contribution in [-0.4, -0.2) is 6.71 Å². The Bertz CT molecular complexity index is 3670. The van der Waals surface area contributed by atoms with Crippen LogP contribution in [0.5, 0.6) is 0 Å². The van der Waals surface area contributed by atoms with Crippen LogP contribution in [0.15, 0.2) is 140 Å². The second-order valence-corrected chi connectivity index (χ2v) is 30.1. The second kappa shape index (κ2) is 16.7. The van der Waals surface area contributed by atoms with Crippen LogP contribution < -0.4 is 30.4 Å². The fourth-order valence-corrected chi connectivity index (χ4v) is 16.0. The van der Waals surface area contributed by atoms with Gasteiger partial charge in [0.15, 0.2) is 0 Å². The van der Waals surface area contributed by atoms with E-state index in [0.29, 0.717) is 0 Å². The minimum absolute atomic E-state index is 0.001000. The monoisotopic (exact) mass is 1030 g/mol. The molecule has 0 fully saturated rings. The predicted octanol–water partition coefficient (Wildman–Crippen LogP) is 18.8. The Kier molecular flexibility index (Phi) is 11.0. The Morgan fingerprint density at radius 1 is 0.429 bits per heavy atom. The summed E-state index contributed by atoms with van der Waals surface area (Å²) >= 11 is 2.06. The predicted molar refractivity (Wildman–Crippen MR) is 335 cm³/mol. The number of fused-ring (bicyclic) bond motifs is 9. The average Bonchev–Trinajstić information content (AvgIpc) is 3.94. The molecule has 0 unspecified atom stereocenters. The molecule has 0 N–H and O–H groups in total. The van der Waals surface area contributed by atoms with E-state index >= 15 is 0 Å². The smallest absolute Gasteiger partial charge is 0.264 e. The van der Waals surface area contributed by atoms with Crippen molar-refractivity contribution >= 4 is 95.0 Å². The van der Waals surface area contributed by atoms with Gasteiger partial charge in [-0.15, -0.1) is 11.3 Å². The van der Waals surface area contributed by atoms with E-state index in [0.717, 1.165) is 23.5 Å². The maximum atomic E-state index is 2.77. The second-order valence-electron chi connectivity index (χ2n) is 29.0. The third-order valence-electron chi connectivity index (χ3n) is 20.0. The molecule has 0 spiro atoms. The zero-order chi connectivity index (χ0) is 54.1. The Morgan fingerprint density at radius 2 is 0.870 bits per heavy atom. The largest absolute Gasteiger partial charge is 0.311 e. The number of hydrogen-bond donors (Lipinski definition) is 0. The van der Waals surface area contributed by atoms with E-state index in [4.69, 9.17) is 0 Å². The highest BCUT2D eigenvalue weighted by molar-refractivity contribution is 7.33. The lowest BCUT2D eigenvalue weighted by Gasteiger charge is -2.46. The van der Waals surface area contributed by atoms with E-state index in [1.165, 1.54) is 131 Å². The summed E-state index contributed by atoms with van der Waals surface area (Å²) in [5.74, 6) is 0. The van der Waals surface area contributed by atoms with Crippen LogP contribution in [0.4, 0.5) is 51.2 Å². The molecule has 8 aromatic rings. The number of rotatable bonds is 5. The molecule has 0 amide bonds. The Morgan fingerprint density at radius 3 is 1.36 bits per heavy atom. The molecule has 392 valence electrons. The molecule has 3 heterocycles. The molecule has 5 aliphatic rings. The standard InChI is InChI=1S/C72H80BN3S/c1-66(2,3)45-38-60-63-61(39-45)76(49-27-30-53-55(41-49)70(10,11)35-33-68(53,6)7)64-51-43-56-57(72(14,15)37-36-71(56,12)13)44-62(51)77-65(64)73(63)58-31-28-50(74(46-22-18-16-19-23-46)47-24-20-17-21-25-47)42-59(58)75(60)48-26-29-52-54(40-48)69(8,9)34-32-67(52,4)5/h16-31,38-44H,32-37H2,1-15H3. The number of para-hydroxylation sites is 2. The number of thiophene rings is 1. The van der Waals surface area contributed by atoms with E-state index < -0.39 is 0 Å². The third-order valence-corrected chi connectivity index (χ3v) is 21.2. The summed E-state index contributed by atoms with van der Waals surface area (Å²) in [5.41, 5.74) is 24.6. The maximum Gasteiger partial charge on any atom is 0.264 e. The van der Waals surface area contributed by atoms with E-state index in [1.54, 1.807) is 0 Å². The lowest BCUT2D eigenvalue weighted by Crippen LogP contribution is -2.60. The van der Waals surface area contributed by atoms with E-state index in [-0.39, 0.29) is 44.6 Å². The normalized spacial score (nSPS) is 19.6. The Hall–Kier alpha value is -6.04. The summed E-state index contributed by atoms with van der Waals surface area (Å²) in [6.45, 7) is 37.0. The molecule has 3 aliphatic carbocycles. The molecular weight excluding hydrogens is 950 g/mol. The Labute approximate surface area is 465 Å². The molecule has 3 nitrogen and oxygen atoms in total. The zero-order valence-corrected chi connectivity index (χ0v) is 49.7. The molecule has 1 aromatic heterocycles. The molecule has 0 atom stereocenters. The van der Waals surface area contributed by atoms with Gasteiger partial charge in [-0.3, -0.25) is 0 Å². The van der Waals surface area contributed by atoms with Gasteiger partial charge in [-0.05, 0) is 211 Å². The summed E-state index contributed by atoms with van der Waals surface area (Å²) < 4.78 is 2.84. The average molecular weight is 1030 g/mol. The van der Waals surface area contributed by atoms with E-state index in [9.17, 15) is 0 Å². The highest BCUT2D eigenvalue weighted by Crippen LogP contribution is 2.56. The van der Waals surface area contributed by atoms with Crippen LogP contribution in [0, 0.1) is 0 Å². The molecule has 0 saturated heterocycles. The first-order valence-corrected chi connectivity index (χ1v) is 29.8. The van der Waals surface area contributed by atoms with Gasteiger partial charge in [-0.25, -0.2) is 0 Å².